The van der Waals surface area contributed by atoms with Crippen LogP contribution in [0.3, 0.4) is 0 Å². The smallest absolute Gasteiger partial charge is 0.255 e. The predicted molar refractivity (Wildman–Crippen MR) is 68.5 cm³/mol. The van der Waals surface area contributed by atoms with E-state index in [1.807, 2.05) is 0 Å². The lowest BCUT2D eigenvalue weighted by Crippen LogP contribution is -2.29. The van der Waals surface area contributed by atoms with Crippen LogP contribution in [-0.2, 0) is 0 Å². The van der Waals surface area contributed by atoms with Crippen LogP contribution < -0.4 is 11.1 Å². The number of hydrogen-bond acceptors (Lipinski definition) is 4. The Labute approximate surface area is 100 Å². The van der Waals surface area contributed by atoms with E-state index in [0.717, 1.165) is 5.75 Å². The number of nitrogens with zero attached hydrogens (tertiary/aromatic N) is 1. The van der Waals surface area contributed by atoms with Crippen molar-refractivity contribution in [3.63, 3.8) is 0 Å². The molecule has 0 aliphatic carbocycles. The average molecular weight is 239 g/mol. The van der Waals surface area contributed by atoms with Gasteiger partial charge in [-0.05, 0) is 30.1 Å². The van der Waals surface area contributed by atoms with Crippen LogP contribution in [0, 0.1) is 5.92 Å². The quantitative estimate of drug-likeness (QED) is 0.815. The Kier molecular flexibility index (Phi) is 5.11. The van der Waals surface area contributed by atoms with Gasteiger partial charge >= 0.3 is 0 Å². The van der Waals surface area contributed by atoms with Crippen LogP contribution in [0.25, 0.3) is 0 Å². The van der Waals surface area contributed by atoms with Crippen molar-refractivity contribution in [2.75, 3.05) is 24.3 Å². The third-order valence-corrected chi connectivity index (χ3v) is 3.05. The lowest BCUT2D eigenvalue weighted by atomic mass is 10.2. The summed E-state index contributed by atoms with van der Waals surface area (Å²) in [5, 5.41) is 2.85. The molecule has 0 saturated carbocycles. The van der Waals surface area contributed by atoms with E-state index in [1.165, 1.54) is 0 Å². The monoisotopic (exact) mass is 239 g/mol. The van der Waals surface area contributed by atoms with E-state index in [2.05, 4.69) is 23.5 Å². The second-order valence-corrected chi connectivity index (χ2v) is 4.62. The number of thioether (sulfide) groups is 1. The van der Waals surface area contributed by atoms with E-state index in [0.29, 0.717) is 18.0 Å². The highest BCUT2D eigenvalue weighted by Crippen LogP contribution is 2.07. The van der Waals surface area contributed by atoms with Gasteiger partial charge in [-0.2, -0.15) is 11.8 Å². The summed E-state index contributed by atoms with van der Waals surface area (Å²) in [6.45, 7) is 2.76. The number of pyridine rings is 1. The normalized spacial score (nSPS) is 12.1. The number of nitrogens with one attached hydrogen (secondary N) is 1. The van der Waals surface area contributed by atoms with Gasteiger partial charge in [-0.15, -0.1) is 0 Å². The van der Waals surface area contributed by atoms with Crippen LogP contribution in [0.2, 0.25) is 0 Å². The summed E-state index contributed by atoms with van der Waals surface area (Å²) in [7, 11) is 0. The first-order chi connectivity index (χ1) is 7.65. The Bertz CT molecular complexity index is 357. The van der Waals surface area contributed by atoms with E-state index in [1.54, 1.807) is 30.1 Å². The number of nitrogen functional groups attached to an aromatic ring is 1. The molecule has 0 spiro atoms. The van der Waals surface area contributed by atoms with Gasteiger partial charge in [-0.25, -0.2) is 4.98 Å². The zero-order chi connectivity index (χ0) is 12.0. The van der Waals surface area contributed by atoms with Crippen LogP contribution in [0.5, 0.6) is 0 Å². The minimum atomic E-state index is -0.154. The van der Waals surface area contributed by atoms with Gasteiger partial charge in [0.1, 0.15) is 5.82 Å². The molecule has 1 atom stereocenters. The number of hydrogen-bond donors (Lipinski definition) is 2. The Morgan fingerprint density at radius 3 is 3.06 bits per heavy atom. The van der Waals surface area contributed by atoms with Crippen molar-refractivity contribution in [3.8, 4) is 0 Å². The van der Waals surface area contributed by atoms with E-state index in [4.69, 9.17) is 5.73 Å². The maximum Gasteiger partial charge on any atom is 0.255 e. The fourth-order valence-corrected chi connectivity index (χ4v) is 2.00. The summed E-state index contributed by atoms with van der Waals surface area (Å²) >= 11 is 1.77. The van der Waals surface area contributed by atoms with Crippen LogP contribution >= 0.6 is 11.8 Å². The molecule has 0 aliphatic rings. The van der Waals surface area contributed by atoms with Crippen LogP contribution in [0.1, 0.15) is 17.3 Å². The largest absolute Gasteiger partial charge is 0.383 e. The van der Waals surface area contributed by atoms with Gasteiger partial charge < -0.3 is 11.1 Å². The molecule has 0 aromatic carbocycles. The van der Waals surface area contributed by atoms with Crippen molar-refractivity contribution < 1.29 is 4.79 Å². The van der Waals surface area contributed by atoms with Gasteiger partial charge in [0, 0.05) is 12.7 Å². The number of rotatable bonds is 5. The molecule has 1 heterocycles. The van der Waals surface area contributed by atoms with E-state index in [9.17, 15) is 4.79 Å². The SMILES string of the molecule is CSCC(C)CNC(=O)c1cccnc1N. The summed E-state index contributed by atoms with van der Waals surface area (Å²) in [6, 6.07) is 3.38. The molecule has 1 amide bonds. The number of carbonyl (C=O) groups is 1. The van der Waals surface area contributed by atoms with Gasteiger partial charge in [0.25, 0.3) is 5.91 Å². The van der Waals surface area contributed by atoms with Crippen molar-refractivity contribution in [1.82, 2.24) is 10.3 Å². The highest BCUT2D eigenvalue weighted by molar-refractivity contribution is 7.98. The first-order valence-electron chi connectivity index (χ1n) is 5.12. The van der Waals surface area contributed by atoms with Crippen LogP contribution in [-0.4, -0.2) is 29.4 Å². The summed E-state index contributed by atoms with van der Waals surface area (Å²) in [4.78, 5) is 15.6. The summed E-state index contributed by atoms with van der Waals surface area (Å²) in [5.74, 6) is 1.61. The lowest BCUT2D eigenvalue weighted by molar-refractivity contribution is 0.0950. The second kappa shape index (κ2) is 6.37. The first kappa shape index (κ1) is 12.8. The molecule has 1 aromatic heterocycles. The maximum absolute atomic E-state index is 11.7. The minimum absolute atomic E-state index is 0.154. The Hall–Kier alpha value is -1.23. The van der Waals surface area contributed by atoms with E-state index in [-0.39, 0.29) is 11.7 Å². The summed E-state index contributed by atoms with van der Waals surface area (Å²) < 4.78 is 0. The molecule has 1 unspecified atom stereocenters. The maximum atomic E-state index is 11.7. The molecular formula is C11H17N3OS. The molecule has 16 heavy (non-hydrogen) atoms. The molecule has 0 bridgehead atoms. The number of amides is 1. The molecule has 0 fully saturated rings. The van der Waals surface area contributed by atoms with Crippen molar-refractivity contribution in [2.45, 2.75) is 6.92 Å². The number of anilines is 1. The molecular weight excluding hydrogens is 222 g/mol. The lowest BCUT2D eigenvalue weighted by Gasteiger charge is -2.11. The van der Waals surface area contributed by atoms with E-state index < -0.39 is 0 Å². The van der Waals surface area contributed by atoms with Crippen LogP contribution in [0.4, 0.5) is 5.82 Å². The highest BCUT2D eigenvalue weighted by atomic mass is 32.2. The van der Waals surface area contributed by atoms with Gasteiger partial charge in [0.15, 0.2) is 0 Å². The number of aromatic nitrogens is 1. The van der Waals surface area contributed by atoms with Gasteiger partial charge in [0.05, 0.1) is 5.56 Å². The van der Waals surface area contributed by atoms with Gasteiger partial charge in [-0.1, -0.05) is 6.92 Å². The zero-order valence-electron chi connectivity index (χ0n) is 9.56. The highest BCUT2D eigenvalue weighted by Gasteiger charge is 2.10. The molecule has 0 aliphatic heterocycles. The third kappa shape index (κ3) is 3.73. The third-order valence-electron chi connectivity index (χ3n) is 2.15. The number of carbonyl (C=O) groups excluding carboxylic acids is 1. The molecule has 5 heteroatoms. The average Bonchev–Trinajstić information content (AvgIpc) is 2.27. The standard InChI is InChI=1S/C11H17N3OS/c1-8(7-16-2)6-14-11(15)9-4-3-5-13-10(9)12/h3-5,8H,6-7H2,1-2H3,(H2,12,13)(H,14,15). The fourth-order valence-electron chi connectivity index (χ4n) is 1.32. The van der Waals surface area contributed by atoms with Crippen molar-refractivity contribution in [1.29, 1.82) is 0 Å². The molecule has 3 N–H and O–H groups in total. The molecule has 1 rings (SSSR count). The zero-order valence-corrected chi connectivity index (χ0v) is 10.4. The predicted octanol–water partition coefficient (Wildman–Crippen LogP) is 1.39. The topological polar surface area (TPSA) is 68.0 Å². The summed E-state index contributed by atoms with van der Waals surface area (Å²) in [6.07, 6.45) is 3.62. The minimum Gasteiger partial charge on any atom is -0.383 e. The molecule has 1 aromatic rings. The van der Waals surface area contributed by atoms with Gasteiger partial charge in [0.2, 0.25) is 0 Å². The van der Waals surface area contributed by atoms with E-state index >= 15 is 0 Å². The fraction of sp³-hybridized carbons (Fsp3) is 0.455. The first-order valence-corrected chi connectivity index (χ1v) is 6.52. The molecule has 88 valence electrons. The molecule has 4 nitrogen and oxygen atoms in total. The van der Waals surface area contributed by atoms with Crippen molar-refractivity contribution in [2.24, 2.45) is 5.92 Å². The Morgan fingerprint density at radius 2 is 2.44 bits per heavy atom. The van der Waals surface area contributed by atoms with Gasteiger partial charge in [-0.3, -0.25) is 4.79 Å². The Morgan fingerprint density at radius 1 is 1.69 bits per heavy atom. The number of nitrogens with two attached hydrogens (primary N) is 1. The van der Waals surface area contributed by atoms with Crippen molar-refractivity contribution >= 4 is 23.5 Å². The van der Waals surface area contributed by atoms with Crippen LogP contribution in [0.15, 0.2) is 18.3 Å². The summed E-state index contributed by atoms with van der Waals surface area (Å²) in [5.41, 5.74) is 6.05. The second-order valence-electron chi connectivity index (χ2n) is 3.71. The molecule has 0 radical (unpaired) electrons. The molecule has 0 saturated heterocycles. The van der Waals surface area contributed by atoms with Crippen molar-refractivity contribution in [3.05, 3.63) is 23.9 Å². The Balaban J connectivity index is 2.50.